The molecule has 0 rings (SSSR count). The number of likely N-dealkylation sites (N-methyl/N-ethyl adjacent to an activating group) is 2. The van der Waals surface area contributed by atoms with Crippen LogP contribution in [0.3, 0.4) is 0 Å². The molecule has 4 heteroatoms. The van der Waals surface area contributed by atoms with Gasteiger partial charge in [0.2, 0.25) is 5.91 Å². The van der Waals surface area contributed by atoms with E-state index in [1.54, 1.807) is 4.90 Å². The summed E-state index contributed by atoms with van der Waals surface area (Å²) in [5, 5.41) is 3.01. The standard InChI is InChI=1S/C10H23N3O/c1-8(2)9(7-11)10(14)13(4)6-5-12-3/h8-9,12H,5-7,11H2,1-4H3. The van der Waals surface area contributed by atoms with Crippen LogP contribution in [0.5, 0.6) is 0 Å². The fourth-order valence-corrected chi connectivity index (χ4v) is 1.33. The Labute approximate surface area is 86.8 Å². The molecule has 0 aliphatic carbocycles. The van der Waals surface area contributed by atoms with Gasteiger partial charge in [-0.1, -0.05) is 13.8 Å². The summed E-state index contributed by atoms with van der Waals surface area (Å²) in [5.41, 5.74) is 5.58. The average molecular weight is 201 g/mol. The molecule has 0 aromatic rings. The number of amides is 1. The number of hydrogen-bond acceptors (Lipinski definition) is 3. The van der Waals surface area contributed by atoms with Crippen molar-refractivity contribution < 1.29 is 4.79 Å². The van der Waals surface area contributed by atoms with Gasteiger partial charge in [-0.15, -0.1) is 0 Å². The minimum atomic E-state index is -0.0446. The van der Waals surface area contributed by atoms with Crippen LogP contribution < -0.4 is 11.1 Å². The van der Waals surface area contributed by atoms with Gasteiger partial charge in [0.1, 0.15) is 0 Å². The van der Waals surface area contributed by atoms with E-state index in [1.165, 1.54) is 0 Å². The van der Waals surface area contributed by atoms with E-state index in [-0.39, 0.29) is 11.8 Å². The van der Waals surface area contributed by atoms with Gasteiger partial charge < -0.3 is 16.0 Å². The topological polar surface area (TPSA) is 58.4 Å². The van der Waals surface area contributed by atoms with E-state index in [0.29, 0.717) is 12.5 Å². The third-order valence-electron chi connectivity index (χ3n) is 2.45. The van der Waals surface area contributed by atoms with Crippen LogP contribution in [0, 0.1) is 11.8 Å². The van der Waals surface area contributed by atoms with Crippen LogP contribution in [0.25, 0.3) is 0 Å². The largest absolute Gasteiger partial charge is 0.344 e. The van der Waals surface area contributed by atoms with E-state index >= 15 is 0 Å². The summed E-state index contributed by atoms with van der Waals surface area (Å²) in [4.78, 5) is 13.6. The maximum absolute atomic E-state index is 11.8. The van der Waals surface area contributed by atoms with Gasteiger partial charge in [0.25, 0.3) is 0 Å². The lowest BCUT2D eigenvalue weighted by atomic mass is 9.94. The Balaban J connectivity index is 4.13. The SMILES string of the molecule is CNCCN(C)C(=O)C(CN)C(C)C. The molecular formula is C10H23N3O. The lowest BCUT2D eigenvalue weighted by Crippen LogP contribution is -2.41. The Kier molecular flexibility index (Phi) is 6.49. The van der Waals surface area contributed by atoms with Crippen molar-refractivity contribution in [2.24, 2.45) is 17.6 Å². The predicted octanol–water partition coefficient (Wildman–Crippen LogP) is -0.105. The lowest BCUT2D eigenvalue weighted by Gasteiger charge is -2.25. The number of nitrogens with one attached hydrogen (secondary N) is 1. The minimum Gasteiger partial charge on any atom is -0.344 e. The molecule has 0 saturated carbocycles. The Hall–Kier alpha value is -0.610. The Morgan fingerprint density at radius 3 is 2.43 bits per heavy atom. The van der Waals surface area contributed by atoms with Crippen LogP contribution in [-0.4, -0.2) is 44.5 Å². The van der Waals surface area contributed by atoms with Crippen molar-refractivity contribution in [3.63, 3.8) is 0 Å². The van der Waals surface area contributed by atoms with Crippen molar-refractivity contribution in [3.8, 4) is 0 Å². The molecule has 0 aromatic carbocycles. The van der Waals surface area contributed by atoms with Crippen LogP contribution in [0.15, 0.2) is 0 Å². The summed E-state index contributed by atoms with van der Waals surface area (Å²) < 4.78 is 0. The summed E-state index contributed by atoms with van der Waals surface area (Å²) in [6, 6.07) is 0. The Morgan fingerprint density at radius 1 is 1.50 bits per heavy atom. The minimum absolute atomic E-state index is 0.0446. The average Bonchev–Trinajstić information content (AvgIpc) is 2.14. The lowest BCUT2D eigenvalue weighted by molar-refractivity contribution is -0.135. The highest BCUT2D eigenvalue weighted by Gasteiger charge is 2.23. The summed E-state index contributed by atoms with van der Waals surface area (Å²) >= 11 is 0. The number of rotatable bonds is 6. The van der Waals surface area contributed by atoms with Gasteiger partial charge in [-0.05, 0) is 13.0 Å². The molecule has 0 aliphatic rings. The zero-order valence-electron chi connectivity index (χ0n) is 9.71. The molecule has 1 atom stereocenters. The zero-order valence-corrected chi connectivity index (χ0v) is 9.71. The first-order chi connectivity index (χ1) is 6.54. The fraction of sp³-hybridized carbons (Fsp3) is 0.900. The molecule has 0 radical (unpaired) electrons. The van der Waals surface area contributed by atoms with Gasteiger partial charge >= 0.3 is 0 Å². The highest BCUT2D eigenvalue weighted by molar-refractivity contribution is 5.79. The van der Waals surface area contributed by atoms with Gasteiger partial charge in [0.05, 0.1) is 5.92 Å². The molecule has 84 valence electrons. The van der Waals surface area contributed by atoms with Gasteiger partial charge in [-0.2, -0.15) is 0 Å². The van der Waals surface area contributed by atoms with Crippen molar-refractivity contribution in [3.05, 3.63) is 0 Å². The number of nitrogens with two attached hydrogens (primary N) is 1. The van der Waals surface area contributed by atoms with Gasteiger partial charge in [0, 0.05) is 26.7 Å². The van der Waals surface area contributed by atoms with E-state index in [1.807, 2.05) is 27.9 Å². The molecule has 0 heterocycles. The first-order valence-electron chi connectivity index (χ1n) is 5.14. The molecular weight excluding hydrogens is 178 g/mol. The monoisotopic (exact) mass is 201 g/mol. The number of hydrogen-bond donors (Lipinski definition) is 2. The maximum Gasteiger partial charge on any atom is 0.227 e. The van der Waals surface area contributed by atoms with Gasteiger partial charge in [-0.25, -0.2) is 0 Å². The van der Waals surface area contributed by atoms with Crippen LogP contribution in [-0.2, 0) is 4.79 Å². The molecule has 3 N–H and O–H groups in total. The molecule has 0 bridgehead atoms. The fourth-order valence-electron chi connectivity index (χ4n) is 1.33. The van der Waals surface area contributed by atoms with Gasteiger partial charge in [0.15, 0.2) is 0 Å². The van der Waals surface area contributed by atoms with E-state index < -0.39 is 0 Å². The molecule has 1 amide bonds. The first kappa shape index (κ1) is 13.4. The normalized spacial score (nSPS) is 13.0. The van der Waals surface area contributed by atoms with E-state index in [0.717, 1.165) is 13.1 Å². The van der Waals surface area contributed by atoms with Crippen molar-refractivity contribution in [2.45, 2.75) is 13.8 Å². The third-order valence-corrected chi connectivity index (χ3v) is 2.45. The second kappa shape index (κ2) is 6.79. The van der Waals surface area contributed by atoms with Crippen LogP contribution >= 0.6 is 0 Å². The molecule has 0 aliphatic heterocycles. The Bertz CT molecular complexity index is 171. The van der Waals surface area contributed by atoms with Gasteiger partial charge in [-0.3, -0.25) is 4.79 Å². The second-order valence-electron chi connectivity index (χ2n) is 3.95. The summed E-state index contributed by atoms with van der Waals surface area (Å²) in [6.07, 6.45) is 0. The molecule has 4 nitrogen and oxygen atoms in total. The van der Waals surface area contributed by atoms with Crippen molar-refractivity contribution in [1.29, 1.82) is 0 Å². The zero-order chi connectivity index (χ0) is 11.1. The molecule has 14 heavy (non-hydrogen) atoms. The first-order valence-corrected chi connectivity index (χ1v) is 5.14. The van der Waals surface area contributed by atoms with Crippen LogP contribution in [0.2, 0.25) is 0 Å². The molecule has 0 saturated heterocycles. The molecule has 0 spiro atoms. The van der Waals surface area contributed by atoms with Crippen LogP contribution in [0.1, 0.15) is 13.8 Å². The maximum atomic E-state index is 11.8. The summed E-state index contributed by atoms with van der Waals surface area (Å²) in [5.74, 6) is 0.416. The van der Waals surface area contributed by atoms with Crippen molar-refractivity contribution in [2.75, 3.05) is 33.7 Å². The number of carbonyl (C=O) groups excluding carboxylic acids is 1. The molecule has 1 unspecified atom stereocenters. The molecule has 0 fully saturated rings. The van der Waals surface area contributed by atoms with Crippen LogP contribution in [0.4, 0.5) is 0 Å². The Morgan fingerprint density at radius 2 is 2.07 bits per heavy atom. The smallest absolute Gasteiger partial charge is 0.227 e. The second-order valence-corrected chi connectivity index (χ2v) is 3.95. The molecule has 0 aromatic heterocycles. The quantitative estimate of drug-likeness (QED) is 0.630. The highest BCUT2D eigenvalue weighted by Crippen LogP contribution is 2.11. The van der Waals surface area contributed by atoms with E-state index in [4.69, 9.17) is 5.73 Å². The van der Waals surface area contributed by atoms with Crippen molar-refractivity contribution >= 4 is 5.91 Å². The third kappa shape index (κ3) is 4.07. The predicted molar refractivity (Wildman–Crippen MR) is 58.9 cm³/mol. The van der Waals surface area contributed by atoms with E-state index in [2.05, 4.69) is 5.32 Å². The summed E-state index contributed by atoms with van der Waals surface area (Å²) in [7, 11) is 3.70. The van der Waals surface area contributed by atoms with E-state index in [9.17, 15) is 4.79 Å². The number of nitrogens with zero attached hydrogens (tertiary/aromatic N) is 1. The summed E-state index contributed by atoms with van der Waals surface area (Å²) in [6.45, 7) is 6.04. The van der Waals surface area contributed by atoms with Crippen molar-refractivity contribution in [1.82, 2.24) is 10.2 Å². The highest BCUT2D eigenvalue weighted by atomic mass is 16.2. The number of carbonyl (C=O) groups is 1.